The zero-order valence-electron chi connectivity index (χ0n) is 9.64. The molecule has 0 aliphatic rings. The summed E-state index contributed by atoms with van der Waals surface area (Å²) in [5.74, 6) is -1.42. The minimum atomic E-state index is -1.72. The van der Waals surface area contributed by atoms with Crippen LogP contribution in [0.3, 0.4) is 0 Å². The van der Waals surface area contributed by atoms with Gasteiger partial charge in [-0.1, -0.05) is 51.1 Å². The monoisotopic (exact) mass is 208 g/mol. The highest BCUT2D eigenvalue weighted by Crippen LogP contribution is 2.30. The smallest absolute Gasteiger partial charge is 0.192 e. The fraction of sp³-hybridized carbons (Fsp3) is 0.538. The highest BCUT2D eigenvalue weighted by molar-refractivity contribution is 5.20. The molecule has 1 aromatic rings. The van der Waals surface area contributed by atoms with Crippen molar-refractivity contribution in [3.63, 3.8) is 0 Å². The Morgan fingerprint density at radius 2 is 1.60 bits per heavy atom. The first-order chi connectivity index (χ1) is 6.94. The molecule has 2 N–H and O–H groups in total. The molecule has 0 saturated heterocycles. The zero-order chi connectivity index (χ0) is 11.5. The minimum absolute atomic E-state index is 0.167. The molecule has 0 aliphatic heterocycles. The van der Waals surface area contributed by atoms with Gasteiger partial charge in [-0.05, 0) is 12.3 Å². The maximum Gasteiger partial charge on any atom is 0.192 e. The largest absolute Gasteiger partial charge is 0.362 e. The van der Waals surface area contributed by atoms with Crippen molar-refractivity contribution in [1.82, 2.24) is 0 Å². The Hall–Kier alpha value is -0.860. The third-order valence-electron chi connectivity index (χ3n) is 2.71. The molecule has 0 saturated carbocycles. The molecule has 15 heavy (non-hydrogen) atoms. The molecule has 0 amide bonds. The van der Waals surface area contributed by atoms with Crippen LogP contribution in [0.5, 0.6) is 0 Å². The van der Waals surface area contributed by atoms with Crippen molar-refractivity contribution in [3.8, 4) is 0 Å². The van der Waals surface area contributed by atoms with Crippen LogP contribution in [0.4, 0.5) is 0 Å². The van der Waals surface area contributed by atoms with Gasteiger partial charge in [-0.25, -0.2) is 0 Å². The van der Waals surface area contributed by atoms with E-state index in [0.29, 0.717) is 11.5 Å². The van der Waals surface area contributed by atoms with Gasteiger partial charge in [0.25, 0.3) is 0 Å². The van der Waals surface area contributed by atoms with E-state index in [1.807, 2.05) is 25.1 Å². The van der Waals surface area contributed by atoms with E-state index in [4.69, 9.17) is 0 Å². The van der Waals surface area contributed by atoms with E-state index < -0.39 is 5.79 Å². The summed E-state index contributed by atoms with van der Waals surface area (Å²) in [6, 6.07) is 9.00. The first-order valence-corrected chi connectivity index (χ1v) is 5.45. The summed E-state index contributed by atoms with van der Waals surface area (Å²) < 4.78 is 0. The van der Waals surface area contributed by atoms with Crippen molar-refractivity contribution >= 4 is 0 Å². The first kappa shape index (κ1) is 12.2. The topological polar surface area (TPSA) is 40.5 Å². The normalized spacial score (nSPS) is 14.3. The fourth-order valence-electron chi connectivity index (χ4n) is 1.84. The molecular weight excluding hydrogens is 188 g/mol. The third-order valence-corrected chi connectivity index (χ3v) is 2.71. The number of benzene rings is 1. The maximum atomic E-state index is 10.1. The molecule has 0 aromatic heterocycles. The predicted molar refractivity (Wildman–Crippen MR) is 61.2 cm³/mol. The van der Waals surface area contributed by atoms with Gasteiger partial charge in [-0.3, -0.25) is 0 Å². The van der Waals surface area contributed by atoms with Crippen molar-refractivity contribution in [2.75, 3.05) is 0 Å². The standard InChI is InChI=1S/C13H20O2/c1-10(2)9-11(3)13(14,15)12-7-5-4-6-8-12/h4-8,10-11,14-15H,9H2,1-3H3. The second kappa shape index (κ2) is 4.77. The number of rotatable bonds is 4. The van der Waals surface area contributed by atoms with Crippen molar-refractivity contribution < 1.29 is 10.2 Å². The van der Waals surface area contributed by atoms with Gasteiger partial charge in [0.2, 0.25) is 0 Å². The van der Waals surface area contributed by atoms with E-state index in [1.54, 1.807) is 12.1 Å². The fourth-order valence-corrected chi connectivity index (χ4v) is 1.84. The van der Waals surface area contributed by atoms with Gasteiger partial charge in [0.1, 0.15) is 0 Å². The van der Waals surface area contributed by atoms with Gasteiger partial charge in [0.15, 0.2) is 5.79 Å². The molecule has 0 heterocycles. The van der Waals surface area contributed by atoms with E-state index in [0.717, 1.165) is 6.42 Å². The Balaban J connectivity index is 2.82. The summed E-state index contributed by atoms with van der Waals surface area (Å²) in [7, 11) is 0. The highest BCUT2D eigenvalue weighted by Gasteiger charge is 2.32. The maximum absolute atomic E-state index is 10.1. The lowest BCUT2D eigenvalue weighted by atomic mass is 9.87. The molecule has 2 heteroatoms. The van der Waals surface area contributed by atoms with E-state index in [1.165, 1.54) is 0 Å². The van der Waals surface area contributed by atoms with E-state index in [-0.39, 0.29) is 5.92 Å². The van der Waals surface area contributed by atoms with Crippen LogP contribution in [0.15, 0.2) is 30.3 Å². The van der Waals surface area contributed by atoms with E-state index in [9.17, 15) is 10.2 Å². The molecule has 1 atom stereocenters. The molecule has 1 unspecified atom stereocenters. The average Bonchev–Trinajstić information content (AvgIpc) is 2.18. The van der Waals surface area contributed by atoms with Crippen LogP contribution in [0.2, 0.25) is 0 Å². The number of hydrogen-bond acceptors (Lipinski definition) is 2. The van der Waals surface area contributed by atoms with Crippen LogP contribution in [0, 0.1) is 11.8 Å². The minimum Gasteiger partial charge on any atom is -0.362 e. The van der Waals surface area contributed by atoms with Gasteiger partial charge in [-0.15, -0.1) is 0 Å². The van der Waals surface area contributed by atoms with Gasteiger partial charge in [-0.2, -0.15) is 0 Å². The molecular formula is C13H20O2. The molecule has 1 aromatic carbocycles. The molecule has 2 nitrogen and oxygen atoms in total. The zero-order valence-corrected chi connectivity index (χ0v) is 9.64. The molecule has 0 radical (unpaired) electrons. The van der Waals surface area contributed by atoms with Crippen LogP contribution in [-0.2, 0) is 5.79 Å². The van der Waals surface area contributed by atoms with Gasteiger partial charge in [0, 0.05) is 11.5 Å². The average molecular weight is 208 g/mol. The van der Waals surface area contributed by atoms with Crippen molar-refractivity contribution in [1.29, 1.82) is 0 Å². The third kappa shape index (κ3) is 3.05. The van der Waals surface area contributed by atoms with Crippen LogP contribution in [0.1, 0.15) is 32.8 Å². The second-order valence-corrected chi connectivity index (χ2v) is 4.62. The molecule has 84 valence electrons. The Morgan fingerprint density at radius 3 is 2.07 bits per heavy atom. The van der Waals surface area contributed by atoms with Crippen LogP contribution >= 0.6 is 0 Å². The van der Waals surface area contributed by atoms with Gasteiger partial charge < -0.3 is 10.2 Å². The summed E-state index contributed by atoms with van der Waals surface area (Å²) in [6.45, 7) is 6.03. The summed E-state index contributed by atoms with van der Waals surface area (Å²) >= 11 is 0. The number of aliphatic hydroxyl groups is 2. The quantitative estimate of drug-likeness (QED) is 0.746. The van der Waals surface area contributed by atoms with E-state index >= 15 is 0 Å². The molecule has 0 aliphatic carbocycles. The summed E-state index contributed by atoms with van der Waals surface area (Å²) in [4.78, 5) is 0. The molecule has 1 rings (SSSR count). The Bertz CT molecular complexity index is 291. The van der Waals surface area contributed by atoms with Crippen molar-refractivity contribution in [2.24, 2.45) is 11.8 Å². The Kier molecular flexibility index (Phi) is 3.89. The van der Waals surface area contributed by atoms with Crippen LogP contribution in [-0.4, -0.2) is 10.2 Å². The molecule has 0 fully saturated rings. The van der Waals surface area contributed by atoms with Crippen molar-refractivity contribution in [3.05, 3.63) is 35.9 Å². The summed E-state index contributed by atoms with van der Waals surface area (Å²) in [6.07, 6.45) is 0.794. The summed E-state index contributed by atoms with van der Waals surface area (Å²) in [5, 5.41) is 20.1. The Morgan fingerprint density at radius 1 is 1.07 bits per heavy atom. The van der Waals surface area contributed by atoms with Crippen LogP contribution in [0.25, 0.3) is 0 Å². The molecule has 0 bridgehead atoms. The second-order valence-electron chi connectivity index (χ2n) is 4.62. The first-order valence-electron chi connectivity index (χ1n) is 5.45. The van der Waals surface area contributed by atoms with Crippen LogP contribution < -0.4 is 0 Å². The van der Waals surface area contributed by atoms with Gasteiger partial charge in [0.05, 0.1) is 0 Å². The van der Waals surface area contributed by atoms with Crippen molar-refractivity contribution in [2.45, 2.75) is 33.0 Å². The Labute approximate surface area is 91.6 Å². The highest BCUT2D eigenvalue weighted by atomic mass is 16.5. The summed E-state index contributed by atoms with van der Waals surface area (Å²) in [5.41, 5.74) is 0.568. The molecule has 0 spiro atoms. The lowest BCUT2D eigenvalue weighted by Gasteiger charge is -2.30. The SMILES string of the molecule is CC(C)CC(C)C(O)(O)c1ccccc1. The number of hydrogen-bond donors (Lipinski definition) is 2. The van der Waals surface area contributed by atoms with Gasteiger partial charge >= 0.3 is 0 Å². The lowest BCUT2D eigenvalue weighted by molar-refractivity contribution is -0.209. The van der Waals surface area contributed by atoms with E-state index in [2.05, 4.69) is 13.8 Å². The predicted octanol–water partition coefficient (Wildman–Crippen LogP) is 2.51. The lowest BCUT2D eigenvalue weighted by Crippen LogP contribution is -2.33.